The molecule has 7 heteroatoms. The summed E-state index contributed by atoms with van der Waals surface area (Å²) < 4.78 is 12.9. The first-order valence-electron chi connectivity index (χ1n) is 8.36. The van der Waals surface area contributed by atoms with Crippen LogP contribution in [0.15, 0.2) is 18.2 Å². The van der Waals surface area contributed by atoms with Crippen molar-refractivity contribution in [3.05, 3.63) is 35.2 Å². The number of aliphatic hydroxyl groups is 1. The molecule has 1 fully saturated rings. The van der Waals surface area contributed by atoms with Crippen molar-refractivity contribution in [2.45, 2.75) is 45.3 Å². The second-order valence-corrected chi connectivity index (χ2v) is 6.29. The van der Waals surface area contributed by atoms with Crippen molar-refractivity contribution in [1.82, 2.24) is 20.2 Å². The molecule has 0 radical (unpaired) electrons. The largest absolute Gasteiger partial charge is 0.493 e. The van der Waals surface area contributed by atoms with Crippen LogP contribution in [0.3, 0.4) is 0 Å². The Hall–Kier alpha value is -1.99. The minimum atomic E-state index is -0.991. The van der Waals surface area contributed by atoms with Gasteiger partial charge in [0.05, 0.1) is 6.61 Å². The van der Waals surface area contributed by atoms with E-state index in [1.54, 1.807) is 4.68 Å². The summed E-state index contributed by atoms with van der Waals surface area (Å²) in [6.45, 7) is 6.33. The molecule has 1 saturated heterocycles. The van der Waals surface area contributed by atoms with E-state index in [0.29, 0.717) is 45.0 Å². The van der Waals surface area contributed by atoms with E-state index in [-0.39, 0.29) is 0 Å². The van der Waals surface area contributed by atoms with Crippen molar-refractivity contribution in [2.75, 3.05) is 19.8 Å². The third-order valence-corrected chi connectivity index (χ3v) is 4.44. The highest BCUT2D eigenvalue weighted by molar-refractivity contribution is 5.39. The molecule has 1 aromatic heterocycles. The van der Waals surface area contributed by atoms with Gasteiger partial charge in [0.15, 0.2) is 5.82 Å². The first kappa shape index (κ1) is 16.9. The van der Waals surface area contributed by atoms with E-state index in [9.17, 15) is 5.11 Å². The second-order valence-electron chi connectivity index (χ2n) is 6.29. The quantitative estimate of drug-likeness (QED) is 0.812. The van der Waals surface area contributed by atoms with Gasteiger partial charge in [0.2, 0.25) is 0 Å². The molecule has 7 nitrogen and oxygen atoms in total. The number of aryl methyl sites for hydroxylation is 3. The van der Waals surface area contributed by atoms with Crippen molar-refractivity contribution in [3.63, 3.8) is 0 Å². The fourth-order valence-electron chi connectivity index (χ4n) is 3.04. The van der Waals surface area contributed by atoms with E-state index >= 15 is 0 Å². The lowest BCUT2D eigenvalue weighted by Crippen LogP contribution is -2.36. The second kappa shape index (κ2) is 7.27. The van der Waals surface area contributed by atoms with Gasteiger partial charge in [0.1, 0.15) is 11.4 Å². The fourth-order valence-corrected chi connectivity index (χ4v) is 3.04. The average Bonchev–Trinajstić information content (AvgIpc) is 3.04. The zero-order valence-corrected chi connectivity index (χ0v) is 14.2. The number of tetrazole rings is 1. The van der Waals surface area contributed by atoms with Crippen LogP contribution in [0.2, 0.25) is 0 Å². The van der Waals surface area contributed by atoms with Crippen LogP contribution in [-0.4, -0.2) is 45.1 Å². The summed E-state index contributed by atoms with van der Waals surface area (Å²) in [5.41, 5.74) is 1.28. The van der Waals surface area contributed by atoms with Crippen LogP contribution in [0.25, 0.3) is 0 Å². The van der Waals surface area contributed by atoms with Gasteiger partial charge in [-0.1, -0.05) is 18.2 Å². The van der Waals surface area contributed by atoms with Crippen molar-refractivity contribution >= 4 is 0 Å². The average molecular weight is 332 g/mol. The van der Waals surface area contributed by atoms with Crippen LogP contribution in [0.4, 0.5) is 0 Å². The number of ether oxygens (including phenoxy) is 2. The first-order valence-corrected chi connectivity index (χ1v) is 8.36. The van der Waals surface area contributed by atoms with E-state index in [2.05, 4.69) is 15.5 Å². The highest BCUT2D eigenvalue weighted by atomic mass is 16.5. The molecule has 24 heavy (non-hydrogen) atoms. The zero-order valence-electron chi connectivity index (χ0n) is 14.2. The molecule has 0 amide bonds. The number of para-hydroxylation sites is 1. The topological polar surface area (TPSA) is 82.3 Å². The van der Waals surface area contributed by atoms with Crippen LogP contribution >= 0.6 is 0 Å². The summed E-state index contributed by atoms with van der Waals surface area (Å²) in [5.74, 6) is 1.47. The molecule has 130 valence electrons. The van der Waals surface area contributed by atoms with E-state index in [1.807, 2.05) is 32.0 Å². The minimum Gasteiger partial charge on any atom is -0.493 e. The maximum atomic E-state index is 10.7. The van der Waals surface area contributed by atoms with Crippen LogP contribution in [-0.2, 0) is 16.9 Å². The highest BCUT2D eigenvalue weighted by Gasteiger charge is 2.37. The summed E-state index contributed by atoms with van der Waals surface area (Å²) in [6.07, 6.45) is 1.80. The molecule has 1 N–H and O–H groups in total. The lowest BCUT2D eigenvalue weighted by atomic mass is 9.93. The van der Waals surface area contributed by atoms with Gasteiger partial charge >= 0.3 is 0 Å². The van der Waals surface area contributed by atoms with Crippen LogP contribution in [0.5, 0.6) is 5.75 Å². The predicted octanol–water partition coefficient (Wildman–Crippen LogP) is 1.76. The SMILES string of the molecule is Cc1cccc(C)c1OCCCn1nnnc1C1(O)CCOCC1. The zero-order chi connectivity index (χ0) is 17.0. The van der Waals surface area contributed by atoms with Gasteiger partial charge in [0.25, 0.3) is 0 Å². The summed E-state index contributed by atoms with van der Waals surface area (Å²) in [7, 11) is 0. The van der Waals surface area contributed by atoms with E-state index in [1.165, 1.54) is 0 Å². The molecule has 0 bridgehead atoms. The van der Waals surface area contributed by atoms with Crippen LogP contribution in [0, 0.1) is 13.8 Å². The molecule has 0 aliphatic carbocycles. The third kappa shape index (κ3) is 3.57. The molecule has 0 spiro atoms. The van der Waals surface area contributed by atoms with Gasteiger partial charge in [0, 0.05) is 39.0 Å². The Bertz CT molecular complexity index is 660. The van der Waals surface area contributed by atoms with Gasteiger partial charge in [-0.25, -0.2) is 4.68 Å². The minimum absolute atomic E-state index is 0.520. The van der Waals surface area contributed by atoms with Gasteiger partial charge in [-0.2, -0.15) is 0 Å². The van der Waals surface area contributed by atoms with Crippen molar-refractivity contribution < 1.29 is 14.6 Å². The van der Waals surface area contributed by atoms with E-state index in [4.69, 9.17) is 9.47 Å². The standard InChI is InChI=1S/C17H24N4O3/c1-13-5-3-6-14(2)15(13)24-10-4-9-21-16(18-19-20-21)17(22)7-11-23-12-8-17/h3,5-6,22H,4,7-12H2,1-2H3. The summed E-state index contributed by atoms with van der Waals surface area (Å²) >= 11 is 0. The van der Waals surface area contributed by atoms with Gasteiger partial charge in [-0.05, 0) is 35.4 Å². The summed E-state index contributed by atoms with van der Waals surface area (Å²) in [5, 5.41) is 22.5. The van der Waals surface area contributed by atoms with Crippen LogP contribution in [0.1, 0.15) is 36.2 Å². The number of nitrogens with zero attached hydrogens (tertiary/aromatic N) is 4. The smallest absolute Gasteiger partial charge is 0.183 e. The third-order valence-electron chi connectivity index (χ3n) is 4.44. The predicted molar refractivity (Wildman–Crippen MR) is 87.8 cm³/mol. The summed E-state index contributed by atoms with van der Waals surface area (Å²) in [6, 6.07) is 6.12. The molecule has 0 saturated carbocycles. The number of hydrogen-bond acceptors (Lipinski definition) is 6. The molecule has 1 aliphatic rings. The monoisotopic (exact) mass is 332 g/mol. The van der Waals surface area contributed by atoms with Crippen molar-refractivity contribution in [3.8, 4) is 5.75 Å². The van der Waals surface area contributed by atoms with E-state index < -0.39 is 5.60 Å². The van der Waals surface area contributed by atoms with E-state index in [0.717, 1.165) is 23.3 Å². The van der Waals surface area contributed by atoms with Crippen LogP contribution < -0.4 is 4.74 Å². The Morgan fingerprint density at radius 2 is 1.96 bits per heavy atom. The maximum absolute atomic E-state index is 10.7. The Balaban J connectivity index is 1.57. The summed E-state index contributed by atoms with van der Waals surface area (Å²) in [4.78, 5) is 0. The Morgan fingerprint density at radius 3 is 2.67 bits per heavy atom. The molecular weight excluding hydrogens is 308 g/mol. The van der Waals surface area contributed by atoms with Gasteiger partial charge in [-0.3, -0.25) is 0 Å². The molecule has 2 heterocycles. The number of rotatable bonds is 6. The highest BCUT2D eigenvalue weighted by Crippen LogP contribution is 2.30. The maximum Gasteiger partial charge on any atom is 0.183 e. The van der Waals surface area contributed by atoms with Crippen molar-refractivity contribution in [2.24, 2.45) is 0 Å². The number of aromatic nitrogens is 4. The molecule has 2 aromatic rings. The molecule has 1 aromatic carbocycles. The van der Waals surface area contributed by atoms with Gasteiger partial charge < -0.3 is 14.6 Å². The van der Waals surface area contributed by atoms with Crippen molar-refractivity contribution in [1.29, 1.82) is 0 Å². The molecule has 1 aliphatic heterocycles. The Morgan fingerprint density at radius 1 is 1.25 bits per heavy atom. The number of hydrogen-bond donors (Lipinski definition) is 1. The lowest BCUT2D eigenvalue weighted by Gasteiger charge is -2.30. The lowest BCUT2D eigenvalue weighted by molar-refractivity contribution is -0.0759. The fraction of sp³-hybridized carbons (Fsp3) is 0.588. The molecule has 0 unspecified atom stereocenters. The van der Waals surface area contributed by atoms with Gasteiger partial charge in [-0.15, -0.1) is 5.10 Å². The number of benzene rings is 1. The Kier molecular flexibility index (Phi) is 5.11. The molecule has 0 atom stereocenters. The Labute approximate surface area is 141 Å². The normalized spacial score (nSPS) is 17.0. The molecule has 3 rings (SSSR count). The molecular formula is C17H24N4O3. The first-order chi connectivity index (χ1) is 11.6.